The highest BCUT2D eigenvalue weighted by Gasteiger charge is 2.26. The zero-order valence-electron chi connectivity index (χ0n) is 13.5. The summed E-state index contributed by atoms with van der Waals surface area (Å²) in [5.41, 5.74) is 2.41. The quantitative estimate of drug-likeness (QED) is 0.894. The van der Waals surface area contributed by atoms with E-state index in [-0.39, 0.29) is 17.9 Å². The van der Waals surface area contributed by atoms with Crippen LogP contribution in [0, 0.1) is 12.8 Å². The van der Waals surface area contributed by atoms with E-state index in [1.165, 1.54) is 6.33 Å². The molecule has 1 aromatic heterocycles. The molecule has 0 bridgehead atoms. The number of aryl methyl sites for hydroxylation is 1. The first kappa shape index (κ1) is 16.2. The fourth-order valence-corrected chi connectivity index (χ4v) is 3.14. The van der Waals surface area contributed by atoms with Crippen LogP contribution in [-0.4, -0.2) is 37.8 Å². The number of hydrogen-bond donors (Lipinski definition) is 2. The van der Waals surface area contributed by atoms with Gasteiger partial charge in [-0.2, -0.15) is 5.10 Å². The van der Waals surface area contributed by atoms with Gasteiger partial charge in [-0.3, -0.25) is 9.59 Å². The van der Waals surface area contributed by atoms with Gasteiger partial charge in [-0.15, -0.1) is 0 Å². The summed E-state index contributed by atoms with van der Waals surface area (Å²) in [6, 6.07) is 5.49. The largest absolute Gasteiger partial charge is 0.481 e. The molecule has 0 radical (unpaired) electrons. The molecule has 3 rings (SSSR count). The van der Waals surface area contributed by atoms with Crippen LogP contribution in [0.4, 0.5) is 0 Å². The van der Waals surface area contributed by atoms with E-state index in [1.54, 1.807) is 17.1 Å². The molecule has 0 saturated heterocycles. The molecular formula is C17H20N4O3. The molecule has 0 atom stereocenters. The second kappa shape index (κ2) is 6.82. The second-order valence-electron chi connectivity index (χ2n) is 6.20. The summed E-state index contributed by atoms with van der Waals surface area (Å²) in [7, 11) is 0. The first-order valence-corrected chi connectivity index (χ1v) is 8.04. The SMILES string of the molecule is Cc1cc(C(=O)NC2CCC(C(=O)O)CC2)ccc1-n1cncn1. The first-order valence-electron chi connectivity index (χ1n) is 8.04. The van der Waals surface area contributed by atoms with Crippen molar-refractivity contribution in [1.82, 2.24) is 20.1 Å². The molecule has 2 N–H and O–H groups in total. The Morgan fingerprint density at radius 3 is 2.58 bits per heavy atom. The summed E-state index contributed by atoms with van der Waals surface area (Å²) in [5.74, 6) is -1.14. The van der Waals surface area contributed by atoms with Gasteiger partial charge in [-0.1, -0.05) is 0 Å². The Hall–Kier alpha value is -2.70. The number of nitrogens with one attached hydrogen (secondary N) is 1. The molecule has 2 aromatic rings. The molecule has 0 unspecified atom stereocenters. The fourth-order valence-electron chi connectivity index (χ4n) is 3.14. The lowest BCUT2D eigenvalue weighted by Crippen LogP contribution is -2.38. The Balaban J connectivity index is 1.64. The van der Waals surface area contributed by atoms with Crippen LogP contribution in [0.2, 0.25) is 0 Å². The molecule has 126 valence electrons. The van der Waals surface area contributed by atoms with Crippen LogP contribution in [-0.2, 0) is 4.79 Å². The molecule has 0 aliphatic heterocycles. The number of amides is 1. The van der Waals surface area contributed by atoms with Gasteiger partial charge in [-0.05, 0) is 56.4 Å². The van der Waals surface area contributed by atoms with E-state index in [1.807, 2.05) is 19.1 Å². The van der Waals surface area contributed by atoms with Crippen LogP contribution >= 0.6 is 0 Å². The lowest BCUT2D eigenvalue weighted by molar-refractivity contribution is -0.142. The molecule has 7 heteroatoms. The van der Waals surface area contributed by atoms with Gasteiger partial charge in [-0.25, -0.2) is 9.67 Å². The van der Waals surface area contributed by atoms with E-state index in [9.17, 15) is 9.59 Å². The molecule has 1 fully saturated rings. The fraction of sp³-hybridized carbons (Fsp3) is 0.412. The maximum atomic E-state index is 12.4. The highest BCUT2D eigenvalue weighted by Crippen LogP contribution is 2.25. The van der Waals surface area contributed by atoms with Gasteiger partial charge in [0.25, 0.3) is 5.91 Å². The van der Waals surface area contributed by atoms with Crippen molar-refractivity contribution in [2.24, 2.45) is 5.92 Å². The minimum Gasteiger partial charge on any atom is -0.481 e. The third kappa shape index (κ3) is 3.45. The smallest absolute Gasteiger partial charge is 0.306 e. The molecule has 24 heavy (non-hydrogen) atoms. The molecule has 1 aliphatic rings. The van der Waals surface area contributed by atoms with Gasteiger partial charge in [0.2, 0.25) is 0 Å². The average molecular weight is 328 g/mol. The Bertz CT molecular complexity index is 734. The number of aliphatic carboxylic acids is 1. The van der Waals surface area contributed by atoms with E-state index in [4.69, 9.17) is 5.11 Å². The van der Waals surface area contributed by atoms with Crippen molar-refractivity contribution < 1.29 is 14.7 Å². The highest BCUT2D eigenvalue weighted by molar-refractivity contribution is 5.94. The van der Waals surface area contributed by atoms with E-state index in [0.29, 0.717) is 31.2 Å². The zero-order chi connectivity index (χ0) is 17.1. The molecular weight excluding hydrogens is 308 g/mol. The Morgan fingerprint density at radius 2 is 2.00 bits per heavy atom. The van der Waals surface area contributed by atoms with E-state index in [0.717, 1.165) is 11.3 Å². The minimum absolute atomic E-state index is 0.0448. The average Bonchev–Trinajstić information content (AvgIpc) is 3.09. The maximum Gasteiger partial charge on any atom is 0.306 e. The number of benzene rings is 1. The van der Waals surface area contributed by atoms with Crippen LogP contribution in [0.1, 0.15) is 41.6 Å². The molecule has 1 heterocycles. The molecule has 1 saturated carbocycles. The van der Waals surface area contributed by atoms with E-state index in [2.05, 4.69) is 15.4 Å². The summed E-state index contributed by atoms with van der Waals surface area (Å²) in [6.45, 7) is 1.92. The van der Waals surface area contributed by atoms with E-state index >= 15 is 0 Å². The molecule has 1 aromatic carbocycles. The second-order valence-corrected chi connectivity index (χ2v) is 6.20. The topological polar surface area (TPSA) is 97.1 Å². The summed E-state index contributed by atoms with van der Waals surface area (Å²) >= 11 is 0. The Labute approximate surface area is 139 Å². The standard InChI is InChI=1S/C17H20N4O3/c1-11-8-13(4-7-15(11)21-10-18-9-19-21)16(22)20-14-5-2-12(3-6-14)17(23)24/h4,7-10,12,14H,2-3,5-6H2,1H3,(H,20,22)(H,23,24). The lowest BCUT2D eigenvalue weighted by Gasteiger charge is -2.26. The first-order chi connectivity index (χ1) is 11.5. The summed E-state index contributed by atoms with van der Waals surface area (Å²) in [4.78, 5) is 27.3. The number of aromatic nitrogens is 3. The van der Waals surface area contributed by atoms with Crippen molar-refractivity contribution in [3.05, 3.63) is 42.0 Å². The third-order valence-electron chi connectivity index (χ3n) is 4.54. The van der Waals surface area contributed by atoms with Crippen molar-refractivity contribution in [3.63, 3.8) is 0 Å². The van der Waals surface area contributed by atoms with Crippen LogP contribution < -0.4 is 5.32 Å². The van der Waals surface area contributed by atoms with Gasteiger partial charge in [0.1, 0.15) is 12.7 Å². The number of carbonyl (C=O) groups excluding carboxylic acids is 1. The minimum atomic E-state index is -0.737. The van der Waals surface area contributed by atoms with Crippen LogP contribution in [0.25, 0.3) is 5.69 Å². The number of carbonyl (C=O) groups is 2. The van der Waals surface area contributed by atoms with Gasteiger partial charge in [0.15, 0.2) is 0 Å². The number of carboxylic acids is 1. The molecule has 7 nitrogen and oxygen atoms in total. The van der Waals surface area contributed by atoms with Gasteiger partial charge >= 0.3 is 5.97 Å². The van der Waals surface area contributed by atoms with Crippen LogP contribution in [0.3, 0.4) is 0 Å². The summed E-state index contributed by atoms with van der Waals surface area (Å²) in [5, 5.41) is 16.1. The molecule has 0 spiro atoms. The van der Waals surface area contributed by atoms with Crippen molar-refractivity contribution >= 4 is 11.9 Å². The van der Waals surface area contributed by atoms with Gasteiger partial charge in [0.05, 0.1) is 11.6 Å². The van der Waals surface area contributed by atoms with Crippen LogP contribution in [0.15, 0.2) is 30.9 Å². The molecule has 1 aliphatic carbocycles. The Morgan fingerprint density at radius 1 is 1.25 bits per heavy atom. The number of carboxylic acid groups (broad SMARTS) is 1. The Kier molecular flexibility index (Phi) is 4.59. The predicted octanol–water partition coefficient (Wildman–Crippen LogP) is 1.95. The number of rotatable bonds is 4. The summed E-state index contributed by atoms with van der Waals surface area (Å²) < 4.78 is 1.66. The monoisotopic (exact) mass is 328 g/mol. The van der Waals surface area contributed by atoms with Gasteiger partial charge in [0, 0.05) is 11.6 Å². The van der Waals surface area contributed by atoms with Crippen molar-refractivity contribution in [1.29, 1.82) is 0 Å². The van der Waals surface area contributed by atoms with Crippen molar-refractivity contribution in [3.8, 4) is 5.69 Å². The van der Waals surface area contributed by atoms with Gasteiger partial charge < -0.3 is 10.4 Å². The van der Waals surface area contributed by atoms with Crippen LogP contribution in [0.5, 0.6) is 0 Å². The zero-order valence-corrected chi connectivity index (χ0v) is 13.5. The number of nitrogens with zero attached hydrogens (tertiary/aromatic N) is 3. The van der Waals surface area contributed by atoms with E-state index < -0.39 is 5.97 Å². The lowest BCUT2D eigenvalue weighted by atomic mass is 9.86. The maximum absolute atomic E-state index is 12.4. The predicted molar refractivity (Wildman–Crippen MR) is 86.9 cm³/mol. The van der Waals surface area contributed by atoms with Crippen molar-refractivity contribution in [2.45, 2.75) is 38.6 Å². The van der Waals surface area contributed by atoms with Crippen molar-refractivity contribution in [2.75, 3.05) is 0 Å². The number of hydrogen-bond acceptors (Lipinski definition) is 4. The summed E-state index contributed by atoms with van der Waals surface area (Å²) in [6.07, 6.45) is 5.73. The normalized spacial score (nSPS) is 20.5. The highest BCUT2D eigenvalue weighted by atomic mass is 16.4. The third-order valence-corrected chi connectivity index (χ3v) is 4.54. The molecule has 1 amide bonds.